The van der Waals surface area contributed by atoms with Crippen molar-refractivity contribution in [3.63, 3.8) is 0 Å². The summed E-state index contributed by atoms with van der Waals surface area (Å²) in [5.41, 5.74) is 0. The predicted octanol–water partition coefficient (Wildman–Crippen LogP) is 5.54. The van der Waals surface area contributed by atoms with Gasteiger partial charge in [0.1, 0.15) is 0 Å². The smallest absolute Gasteiger partial charge is 0.382 e. The molecule has 0 bridgehead atoms. The molecule has 0 aliphatic carbocycles. The first kappa shape index (κ1) is 24.1. The Hall–Kier alpha value is -0.950. The fraction of sp³-hybridized carbons (Fsp3) is 1.00. The van der Waals surface area contributed by atoms with E-state index in [0.29, 0.717) is 0 Å². The molecule has 0 unspecified atom stereocenters. The SMILES string of the molecule is CCOCCCC(F)(F)C(F)(F)C(F)(F)C(F)(F)C(F)(F)C(F)(F)F. The number of hydrogen-bond acceptors (Lipinski definition) is 1. The Bertz CT molecular complexity index is 440. The Morgan fingerprint density at radius 1 is 0.600 bits per heavy atom. The van der Waals surface area contributed by atoms with Gasteiger partial charge in [-0.3, -0.25) is 0 Å². The van der Waals surface area contributed by atoms with Gasteiger partial charge in [0.05, 0.1) is 0 Å². The van der Waals surface area contributed by atoms with Crippen molar-refractivity contribution in [3.8, 4) is 0 Å². The van der Waals surface area contributed by atoms with Gasteiger partial charge < -0.3 is 4.74 Å². The Morgan fingerprint density at radius 3 is 1.36 bits per heavy atom. The van der Waals surface area contributed by atoms with Gasteiger partial charge in [-0.25, -0.2) is 0 Å². The van der Waals surface area contributed by atoms with E-state index in [0.717, 1.165) is 0 Å². The third-order valence-corrected chi connectivity index (χ3v) is 2.98. The van der Waals surface area contributed by atoms with Crippen LogP contribution in [0.2, 0.25) is 0 Å². The minimum absolute atomic E-state index is 0.103. The number of rotatable bonds is 9. The van der Waals surface area contributed by atoms with Gasteiger partial charge in [-0.05, 0) is 13.3 Å². The quantitative estimate of drug-likeness (QED) is 0.361. The average molecular weight is 406 g/mol. The zero-order valence-electron chi connectivity index (χ0n) is 12.2. The second-order valence-electron chi connectivity index (χ2n) is 4.80. The first-order valence-corrected chi connectivity index (χ1v) is 6.34. The van der Waals surface area contributed by atoms with Crippen molar-refractivity contribution in [1.29, 1.82) is 0 Å². The highest BCUT2D eigenvalue weighted by molar-refractivity contribution is 5.10. The largest absolute Gasteiger partial charge is 0.460 e. The number of ether oxygens (including phenoxy) is 1. The van der Waals surface area contributed by atoms with Crippen molar-refractivity contribution in [2.45, 2.75) is 55.6 Å². The first-order chi connectivity index (χ1) is 10.8. The summed E-state index contributed by atoms with van der Waals surface area (Å²) in [4.78, 5) is 0. The highest BCUT2D eigenvalue weighted by atomic mass is 19.4. The molecule has 25 heavy (non-hydrogen) atoms. The van der Waals surface area contributed by atoms with Gasteiger partial charge >= 0.3 is 35.8 Å². The number of hydrogen-bond donors (Lipinski definition) is 0. The monoisotopic (exact) mass is 406 g/mol. The van der Waals surface area contributed by atoms with Crippen molar-refractivity contribution in [1.82, 2.24) is 0 Å². The van der Waals surface area contributed by atoms with Crippen molar-refractivity contribution in [2.75, 3.05) is 13.2 Å². The minimum atomic E-state index is -7.84. The molecule has 0 saturated carbocycles. The van der Waals surface area contributed by atoms with E-state index in [2.05, 4.69) is 4.74 Å². The normalized spacial score (nSPS) is 15.6. The second kappa shape index (κ2) is 6.99. The van der Waals surface area contributed by atoms with Gasteiger partial charge in [-0.15, -0.1) is 0 Å². The van der Waals surface area contributed by atoms with E-state index < -0.39 is 55.2 Å². The van der Waals surface area contributed by atoms with Gasteiger partial charge in [-0.2, -0.15) is 57.1 Å². The molecule has 0 saturated heterocycles. The zero-order valence-corrected chi connectivity index (χ0v) is 12.2. The fourth-order valence-corrected chi connectivity index (χ4v) is 1.50. The van der Waals surface area contributed by atoms with Crippen LogP contribution in [0.15, 0.2) is 0 Å². The molecule has 0 aliphatic heterocycles. The van der Waals surface area contributed by atoms with Gasteiger partial charge in [0, 0.05) is 19.6 Å². The molecule has 0 rings (SSSR count). The van der Waals surface area contributed by atoms with Gasteiger partial charge in [-0.1, -0.05) is 0 Å². The van der Waals surface area contributed by atoms with Crippen LogP contribution in [0.3, 0.4) is 0 Å². The molecule has 0 radical (unpaired) electrons. The summed E-state index contributed by atoms with van der Waals surface area (Å²) in [5.74, 6) is -36.5. The predicted molar refractivity (Wildman–Crippen MR) is 56.5 cm³/mol. The highest BCUT2D eigenvalue weighted by Crippen LogP contribution is 2.60. The third kappa shape index (κ3) is 3.92. The van der Waals surface area contributed by atoms with Gasteiger partial charge in [0.2, 0.25) is 0 Å². The van der Waals surface area contributed by atoms with E-state index >= 15 is 0 Å². The maximum atomic E-state index is 13.2. The molecule has 14 heteroatoms. The Labute approximate surface area is 132 Å². The van der Waals surface area contributed by atoms with E-state index in [9.17, 15) is 57.1 Å². The lowest BCUT2D eigenvalue weighted by Crippen LogP contribution is -2.70. The maximum absolute atomic E-state index is 13.2. The van der Waals surface area contributed by atoms with Crippen LogP contribution in [0.1, 0.15) is 19.8 Å². The van der Waals surface area contributed by atoms with Crippen LogP contribution in [-0.2, 0) is 4.74 Å². The Morgan fingerprint density at radius 2 is 1.00 bits per heavy atom. The van der Waals surface area contributed by atoms with Crippen LogP contribution >= 0.6 is 0 Å². The third-order valence-electron chi connectivity index (χ3n) is 2.98. The van der Waals surface area contributed by atoms with Crippen LogP contribution < -0.4 is 0 Å². The van der Waals surface area contributed by atoms with Crippen molar-refractivity contribution >= 4 is 0 Å². The topological polar surface area (TPSA) is 9.23 Å². The maximum Gasteiger partial charge on any atom is 0.460 e. The van der Waals surface area contributed by atoms with Gasteiger partial charge in [0.15, 0.2) is 0 Å². The molecule has 0 fully saturated rings. The first-order valence-electron chi connectivity index (χ1n) is 6.34. The van der Waals surface area contributed by atoms with E-state index in [1.807, 2.05) is 0 Å². The molecule has 0 aromatic heterocycles. The summed E-state index contributed by atoms with van der Waals surface area (Å²) >= 11 is 0. The second-order valence-corrected chi connectivity index (χ2v) is 4.80. The van der Waals surface area contributed by atoms with Crippen LogP contribution in [0.5, 0.6) is 0 Å². The van der Waals surface area contributed by atoms with Crippen molar-refractivity contribution in [3.05, 3.63) is 0 Å². The van der Waals surface area contributed by atoms with E-state index in [1.54, 1.807) is 0 Å². The minimum Gasteiger partial charge on any atom is -0.382 e. The summed E-state index contributed by atoms with van der Waals surface area (Å²) in [5, 5.41) is 0. The molecule has 0 aliphatic rings. The number of alkyl halides is 13. The molecule has 152 valence electrons. The molecule has 0 heterocycles. The molecule has 0 amide bonds. The zero-order chi connectivity index (χ0) is 20.5. The Balaban J connectivity index is 5.79. The summed E-state index contributed by atoms with van der Waals surface area (Å²) in [7, 11) is 0. The van der Waals surface area contributed by atoms with E-state index in [4.69, 9.17) is 0 Å². The summed E-state index contributed by atoms with van der Waals surface area (Å²) in [6.07, 6.45) is -10.7. The standard InChI is InChI=1S/C11H11F13O/c1-2-25-5-3-4-6(12,13)7(14,15)8(16,17)9(18,19)10(20,21)11(22,23)24/h2-5H2,1H3. The average Bonchev–Trinajstić information content (AvgIpc) is 2.41. The summed E-state index contributed by atoms with van der Waals surface area (Å²) in [6.45, 7) is 0.539. The van der Waals surface area contributed by atoms with E-state index in [-0.39, 0.29) is 6.61 Å². The highest BCUT2D eigenvalue weighted by Gasteiger charge is 2.90. The Kier molecular flexibility index (Phi) is 6.72. The molecule has 0 N–H and O–H groups in total. The van der Waals surface area contributed by atoms with Crippen molar-refractivity contribution < 1.29 is 61.8 Å². The fourth-order valence-electron chi connectivity index (χ4n) is 1.50. The van der Waals surface area contributed by atoms with E-state index in [1.165, 1.54) is 6.92 Å². The van der Waals surface area contributed by atoms with Crippen LogP contribution in [-0.4, -0.2) is 49.0 Å². The van der Waals surface area contributed by atoms with Crippen LogP contribution in [0.25, 0.3) is 0 Å². The van der Waals surface area contributed by atoms with Crippen LogP contribution in [0, 0.1) is 0 Å². The molecule has 1 nitrogen and oxygen atoms in total. The lowest BCUT2D eigenvalue weighted by atomic mass is 9.92. The summed E-state index contributed by atoms with van der Waals surface area (Å²) in [6, 6.07) is 0. The van der Waals surface area contributed by atoms with Crippen LogP contribution in [0.4, 0.5) is 57.1 Å². The lowest BCUT2D eigenvalue weighted by Gasteiger charge is -2.39. The molecule has 0 aromatic carbocycles. The lowest BCUT2D eigenvalue weighted by molar-refractivity contribution is -0.440. The molecule has 0 atom stereocenters. The molecule has 0 spiro atoms. The number of halogens is 13. The molecular weight excluding hydrogens is 395 g/mol. The molecule has 0 aromatic rings. The van der Waals surface area contributed by atoms with Crippen molar-refractivity contribution in [2.24, 2.45) is 0 Å². The molecular formula is C11H11F13O. The van der Waals surface area contributed by atoms with Gasteiger partial charge in [0.25, 0.3) is 0 Å². The summed E-state index contributed by atoms with van der Waals surface area (Å²) < 4.78 is 170.